The fourth-order valence-corrected chi connectivity index (χ4v) is 2.19. The number of fused-ring (bicyclic) bond motifs is 1. The van der Waals surface area contributed by atoms with Crippen LogP contribution in [0.4, 0.5) is 5.95 Å². The first-order chi connectivity index (χ1) is 6.61. The van der Waals surface area contributed by atoms with Crippen molar-refractivity contribution in [1.29, 1.82) is 0 Å². The standard InChI is InChI=1S/C10H12BrN3/c1-6(2)14-9-7(11)4-3-5-8(9)13-10(14)12/h3-6H,1-2H3,(H2,12,13). The Bertz CT molecular complexity index is 473. The second-order valence-corrected chi connectivity index (χ2v) is 4.40. The number of hydrogen-bond acceptors (Lipinski definition) is 2. The minimum Gasteiger partial charge on any atom is -0.369 e. The van der Waals surface area contributed by atoms with Crippen molar-refractivity contribution < 1.29 is 0 Å². The molecule has 0 bridgehead atoms. The van der Waals surface area contributed by atoms with E-state index in [0.717, 1.165) is 15.5 Å². The second kappa shape index (κ2) is 3.28. The molecule has 0 unspecified atom stereocenters. The van der Waals surface area contributed by atoms with E-state index in [1.165, 1.54) is 0 Å². The number of aromatic nitrogens is 2. The van der Waals surface area contributed by atoms with Crippen molar-refractivity contribution in [3.05, 3.63) is 22.7 Å². The van der Waals surface area contributed by atoms with Crippen molar-refractivity contribution in [1.82, 2.24) is 9.55 Å². The molecule has 2 rings (SSSR count). The zero-order valence-electron chi connectivity index (χ0n) is 8.16. The number of imidazole rings is 1. The van der Waals surface area contributed by atoms with Crippen LogP contribution in [-0.2, 0) is 0 Å². The maximum Gasteiger partial charge on any atom is 0.201 e. The molecule has 4 heteroatoms. The highest BCUT2D eigenvalue weighted by Crippen LogP contribution is 2.28. The SMILES string of the molecule is CC(C)n1c(N)nc2cccc(Br)c21. The Hall–Kier alpha value is -1.03. The third-order valence-corrected chi connectivity index (χ3v) is 2.84. The van der Waals surface area contributed by atoms with Gasteiger partial charge in [0.05, 0.1) is 11.0 Å². The van der Waals surface area contributed by atoms with Crippen molar-refractivity contribution in [2.24, 2.45) is 0 Å². The first-order valence-electron chi connectivity index (χ1n) is 4.53. The highest BCUT2D eigenvalue weighted by Gasteiger charge is 2.12. The summed E-state index contributed by atoms with van der Waals surface area (Å²) in [6, 6.07) is 6.25. The van der Waals surface area contributed by atoms with Gasteiger partial charge in [0.2, 0.25) is 5.95 Å². The Kier molecular flexibility index (Phi) is 2.23. The largest absolute Gasteiger partial charge is 0.369 e. The van der Waals surface area contributed by atoms with Gasteiger partial charge in [0, 0.05) is 10.5 Å². The van der Waals surface area contributed by atoms with Crippen LogP contribution >= 0.6 is 15.9 Å². The smallest absolute Gasteiger partial charge is 0.201 e. The number of rotatable bonds is 1. The maximum atomic E-state index is 5.85. The van der Waals surface area contributed by atoms with E-state index in [1.54, 1.807) is 0 Å². The molecule has 14 heavy (non-hydrogen) atoms. The Morgan fingerprint density at radius 1 is 1.43 bits per heavy atom. The van der Waals surface area contributed by atoms with Crippen molar-refractivity contribution in [3.63, 3.8) is 0 Å². The average Bonchev–Trinajstić information content (AvgIpc) is 2.42. The van der Waals surface area contributed by atoms with Crippen molar-refractivity contribution in [3.8, 4) is 0 Å². The predicted octanol–water partition coefficient (Wildman–Crippen LogP) is 2.96. The molecule has 0 amide bonds. The number of para-hydroxylation sites is 1. The summed E-state index contributed by atoms with van der Waals surface area (Å²) in [4.78, 5) is 4.31. The number of anilines is 1. The van der Waals surface area contributed by atoms with E-state index in [4.69, 9.17) is 5.73 Å². The summed E-state index contributed by atoms with van der Waals surface area (Å²) >= 11 is 3.51. The molecular weight excluding hydrogens is 242 g/mol. The van der Waals surface area contributed by atoms with Crippen molar-refractivity contribution >= 4 is 32.9 Å². The number of nitrogens with two attached hydrogens (primary N) is 1. The monoisotopic (exact) mass is 253 g/mol. The lowest BCUT2D eigenvalue weighted by Crippen LogP contribution is -2.05. The molecule has 1 heterocycles. The lowest BCUT2D eigenvalue weighted by atomic mass is 10.3. The van der Waals surface area contributed by atoms with Crippen molar-refractivity contribution in [2.45, 2.75) is 19.9 Å². The number of hydrogen-bond donors (Lipinski definition) is 1. The molecule has 0 radical (unpaired) electrons. The molecule has 0 saturated carbocycles. The third kappa shape index (κ3) is 1.30. The highest BCUT2D eigenvalue weighted by molar-refractivity contribution is 9.10. The van der Waals surface area contributed by atoms with E-state index in [9.17, 15) is 0 Å². The van der Waals surface area contributed by atoms with E-state index >= 15 is 0 Å². The van der Waals surface area contributed by atoms with Gasteiger partial charge in [0.1, 0.15) is 0 Å². The highest BCUT2D eigenvalue weighted by atomic mass is 79.9. The van der Waals surface area contributed by atoms with Crippen LogP contribution in [-0.4, -0.2) is 9.55 Å². The van der Waals surface area contributed by atoms with Crippen LogP contribution < -0.4 is 5.73 Å². The van der Waals surface area contributed by atoms with Gasteiger partial charge in [0.15, 0.2) is 0 Å². The quantitative estimate of drug-likeness (QED) is 0.850. The molecule has 1 aromatic heterocycles. The average molecular weight is 254 g/mol. The van der Waals surface area contributed by atoms with Gasteiger partial charge >= 0.3 is 0 Å². The molecule has 0 spiro atoms. The summed E-state index contributed by atoms with van der Waals surface area (Å²) in [6.07, 6.45) is 0. The molecule has 0 saturated heterocycles. The fourth-order valence-electron chi connectivity index (χ4n) is 1.65. The predicted molar refractivity (Wildman–Crippen MR) is 62.2 cm³/mol. The van der Waals surface area contributed by atoms with E-state index in [2.05, 4.69) is 34.8 Å². The van der Waals surface area contributed by atoms with Gasteiger partial charge in [0.25, 0.3) is 0 Å². The molecule has 2 aromatic rings. The van der Waals surface area contributed by atoms with Crippen LogP contribution in [0.2, 0.25) is 0 Å². The Morgan fingerprint density at radius 2 is 2.14 bits per heavy atom. The van der Waals surface area contributed by atoms with Crippen LogP contribution in [0.15, 0.2) is 22.7 Å². The van der Waals surface area contributed by atoms with Crippen molar-refractivity contribution in [2.75, 3.05) is 5.73 Å². The number of nitrogen functional groups attached to an aromatic ring is 1. The molecule has 74 valence electrons. The maximum absolute atomic E-state index is 5.85. The Labute approximate surface area is 91.1 Å². The molecule has 3 nitrogen and oxygen atoms in total. The second-order valence-electron chi connectivity index (χ2n) is 3.54. The minimum absolute atomic E-state index is 0.318. The van der Waals surface area contributed by atoms with Gasteiger partial charge in [-0.2, -0.15) is 0 Å². The normalized spacial score (nSPS) is 11.4. The summed E-state index contributed by atoms with van der Waals surface area (Å²) < 4.78 is 3.06. The lowest BCUT2D eigenvalue weighted by Gasteiger charge is -2.10. The fraction of sp³-hybridized carbons (Fsp3) is 0.300. The Morgan fingerprint density at radius 3 is 2.79 bits per heavy atom. The molecule has 0 aliphatic rings. The van der Waals surface area contributed by atoms with Gasteiger partial charge in [-0.1, -0.05) is 6.07 Å². The van der Waals surface area contributed by atoms with E-state index in [1.807, 2.05) is 22.8 Å². The Balaban J connectivity index is 2.86. The van der Waals surface area contributed by atoms with E-state index < -0.39 is 0 Å². The number of benzene rings is 1. The molecule has 0 aliphatic heterocycles. The summed E-state index contributed by atoms with van der Waals surface area (Å²) in [5, 5.41) is 0. The van der Waals surface area contributed by atoms with Crippen LogP contribution in [0.5, 0.6) is 0 Å². The third-order valence-electron chi connectivity index (χ3n) is 2.20. The number of nitrogens with zero attached hydrogens (tertiary/aromatic N) is 2. The zero-order chi connectivity index (χ0) is 10.3. The first kappa shape index (κ1) is 9.52. The van der Waals surface area contributed by atoms with Gasteiger partial charge in [-0.05, 0) is 41.9 Å². The van der Waals surface area contributed by atoms with Gasteiger partial charge in [-0.25, -0.2) is 4.98 Å². The number of halogens is 1. The van der Waals surface area contributed by atoms with E-state index in [-0.39, 0.29) is 0 Å². The summed E-state index contributed by atoms with van der Waals surface area (Å²) in [6.45, 7) is 4.19. The van der Waals surface area contributed by atoms with Gasteiger partial charge < -0.3 is 10.3 Å². The summed E-state index contributed by atoms with van der Waals surface area (Å²) in [5.74, 6) is 0.571. The topological polar surface area (TPSA) is 43.8 Å². The van der Waals surface area contributed by atoms with Crippen LogP contribution in [0.1, 0.15) is 19.9 Å². The zero-order valence-corrected chi connectivity index (χ0v) is 9.75. The molecule has 2 N–H and O–H groups in total. The summed E-state index contributed by atoms with van der Waals surface area (Å²) in [5.41, 5.74) is 7.86. The first-order valence-corrected chi connectivity index (χ1v) is 5.32. The molecular formula is C10H12BrN3. The van der Waals surface area contributed by atoms with Gasteiger partial charge in [-0.15, -0.1) is 0 Å². The van der Waals surface area contributed by atoms with Gasteiger partial charge in [-0.3, -0.25) is 0 Å². The molecule has 0 aliphatic carbocycles. The van der Waals surface area contributed by atoms with Crippen LogP contribution in [0.25, 0.3) is 11.0 Å². The van der Waals surface area contributed by atoms with Crippen LogP contribution in [0, 0.1) is 0 Å². The molecule has 0 atom stereocenters. The minimum atomic E-state index is 0.318. The van der Waals surface area contributed by atoms with E-state index in [0.29, 0.717) is 12.0 Å². The lowest BCUT2D eigenvalue weighted by molar-refractivity contribution is 0.626. The van der Waals surface area contributed by atoms with Crippen LogP contribution in [0.3, 0.4) is 0 Å². The summed E-state index contributed by atoms with van der Waals surface area (Å²) in [7, 11) is 0. The molecule has 0 fully saturated rings. The molecule has 1 aromatic carbocycles.